The molecule has 1 aromatic heterocycles. The molecule has 0 spiro atoms. The number of anilines is 2. The molecule has 0 radical (unpaired) electrons. The van der Waals surface area contributed by atoms with Gasteiger partial charge in [-0.1, -0.05) is 30.3 Å². The molecule has 0 bridgehead atoms. The van der Waals surface area contributed by atoms with E-state index in [-0.39, 0.29) is 0 Å². The fourth-order valence-corrected chi connectivity index (χ4v) is 2.26. The quantitative estimate of drug-likeness (QED) is 0.895. The summed E-state index contributed by atoms with van der Waals surface area (Å²) < 4.78 is 5.33. The molecule has 1 saturated heterocycles. The number of ether oxygens (including phenoxy) is 1. The van der Waals surface area contributed by atoms with E-state index < -0.39 is 0 Å². The van der Waals surface area contributed by atoms with Gasteiger partial charge in [-0.15, -0.1) is 5.10 Å². The van der Waals surface area contributed by atoms with Crippen LogP contribution in [0.5, 0.6) is 0 Å². The Hall–Kier alpha value is -2.21. The molecule has 1 aromatic carbocycles. The fraction of sp³-hybridized carbons (Fsp3) is 0.400. The van der Waals surface area contributed by atoms with E-state index in [1.165, 1.54) is 5.56 Å². The number of aromatic nitrogens is 3. The van der Waals surface area contributed by atoms with Crippen molar-refractivity contribution in [3.63, 3.8) is 0 Å². The van der Waals surface area contributed by atoms with Gasteiger partial charge in [0.05, 0.1) is 19.4 Å². The van der Waals surface area contributed by atoms with Crippen molar-refractivity contribution in [3.05, 3.63) is 42.1 Å². The smallest absolute Gasteiger partial charge is 0.247 e. The molecule has 2 heterocycles. The third-order valence-corrected chi connectivity index (χ3v) is 3.40. The van der Waals surface area contributed by atoms with Crippen LogP contribution in [0.25, 0.3) is 0 Å². The van der Waals surface area contributed by atoms with E-state index in [1.54, 1.807) is 6.20 Å². The molecule has 3 rings (SSSR count). The van der Waals surface area contributed by atoms with E-state index in [0.717, 1.165) is 45.1 Å². The average Bonchev–Trinajstić information content (AvgIpc) is 2.57. The zero-order valence-electron chi connectivity index (χ0n) is 11.9. The number of hydrogen-bond donors (Lipinski definition) is 1. The highest BCUT2D eigenvalue weighted by molar-refractivity contribution is 5.39. The van der Waals surface area contributed by atoms with Crippen molar-refractivity contribution in [2.75, 3.05) is 43.1 Å². The summed E-state index contributed by atoms with van der Waals surface area (Å²) in [5.41, 5.74) is 1.31. The highest BCUT2D eigenvalue weighted by Gasteiger charge is 2.14. The van der Waals surface area contributed by atoms with Gasteiger partial charge in [0, 0.05) is 19.6 Å². The molecular weight excluding hydrogens is 266 g/mol. The second kappa shape index (κ2) is 6.99. The monoisotopic (exact) mass is 285 g/mol. The van der Waals surface area contributed by atoms with Gasteiger partial charge in [-0.05, 0) is 12.0 Å². The standard InChI is InChI=1S/C15H19N5O/c1-2-4-13(5-3-1)6-7-16-14-12-17-19-15(18-14)20-8-10-21-11-9-20/h1-5,12H,6-11H2,(H,16,18,19). The van der Waals surface area contributed by atoms with Crippen molar-refractivity contribution in [1.82, 2.24) is 15.2 Å². The van der Waals surface area contributed by atoms with Crippen LogP contribution in [0, 0.1) is 0 Å². The molecule has 110 valence electrons. The molecule has 21 heavy (non-hydrogen) atoms. The van der Waals surface area contributed by atoms with Crippen molar-refractivity contribution in [1.29, 1.82) is 0 Å². The van der Waals surface area contributed by atoms with Gasteiger partial charge in [-0.3, -0.25) is 0 Å². The second-order valence-electron chi connectivity index (χ2n) is 4.90. The van der Waals surface area contributed by atoms with Crippen LogP contribution >= 0.6 is 0 Å². The Morgan fingerprint density at radius 2 is 1.95 bits per heavy atom. The van der Waals surface area contributed by atoms with Gasteiger partial charge >= 0.3 is 0 Å². The van der Waals surface area contributed by atoms with Gasteiger partial charge in [-0.2, -0.15) is 10.1 Å². The van der Waals surface area contributed by atoms with Crippen LogP contribution in [0.4, 0.5) is 11.8 Å². The largest absolute Gasteiger partial charge is 0.378 e. The molecule has 1 fully saturated rings. The van der Waals surface area contributed by atoms with Crippen molar-refractivity contribution >= 4 is 11.8 Å². The van der Waals surface area contributed by atoms with E-state index in [1.807, 2.05) is 6.07 Å². The third kappa shape index (κ3) is 3.88. The first-order chi connectivity index (χ1) is 10.4. The van der Waals surface area contributed by atoms with Crippen molar-refractivity contribution in [2.24, 2.45) is 0 Å². The summed E-state index contributed by atoms with van der Waals surface area (Å²) in [4.78, 5) is 6.61. The van der Waals surface area contributed by atoms with E-state index in [9.17, 15) is 0 Å². The fourth-order valence-electron chi connectivity index (χ4n) is 2.26. The normalized spacial score (nSPS) is 15.0. The van der Waals surface area contributed by atoms with Gasteiger partial charge in [0.1, 0.15) is 0 Å². The van der Waals surface area contributed by atoms with E-state index in [2.05, 4.69) is 49.7 Å². The van der Waals surface area contributed by atoms with Crippen LogP contribution < -0.4 is 10.2 Å². The summed E-state index contributed by atoms with van der Waals surface area (Å²) in [5, 5.41) is 11.4. The first-order valence-corrected chi connectivity index (χ1v) is 7.22. The molecule has 2 aromatic rings. The maximum atomic E-state index is 5.33. The number of nitrogens with zero attached hydrogens (tertiary/aromatic N) is 4. The zero-order chi connectivity index (χ0) is 14.3. The van der Waals surface area contributed by atoms with E-state index >= 15 is 0 Å². The summed E-state index contributed by atoms with van der Waals surface area (Å²) in [6.07, 6.45) is 2.62. The Bertz CT molecular complexity index is 557. The Balaban J connectivity index is 1.55. The molecular formula is C15H19N5O. The lowest BCUT2D eigenvalue weighted by atomic mass is 10.1. The van der Waals surface area contributed by atoms with Crippen LogP contribution in [-0.4, -0.2) is 48.0 Å². The second-order valence-corrected chi connectivity index (χ2v) is 4.90. The summed E-state index contributed by atoms with van der Waals surface area (Å²) in [6.45, 7) is 3.89. The number of morpholine rings is 1. The molecule has 0 amide bonds. The first kappa shape index (κ1) is 13.8. The molecule has 1 aliphatic rings. The van der Waals surface area contributed by atoms with Gasteiger partial charge in [0.2, 0.25) is 5.95 Å². The molecule has 0 unspecified atom stereocenters. The topological polar surface area (TPSA) is 63.2 Å². The van der Waals surface area contributed by atoms with Gasteiger partial charge in [0.25, 0.3) is 0 Å². The molecule has 0 aliphatic carbocycles. The molecule has 0 atom stereocenters. The predicted octanol–water partition coefficient (Wildman–Crippen LogP) is 1.36. The SMILES string of the molecule is c1ccc(CCNc2cnnc(N3CCOCC3)n2)cc1. The minimum Gasteiger partial charge on any atom is -0.378 e. The average molecular weight is 285 g/mol. The minimum absolute atomic E-state index is 0.669. The highest BCUT2D eigenvalue weighted by atomic mass is 16.5. The molecule has 1 N–H and O–H groups in total. The summed E-state index contributed by atoms with van der Waals surface area (Å²) >= 11 is 0. The number of rotatable bonds is 5. The molecule has 0 saturated carbocycles. The number of nitrogens with one attached hydrogen (secondary N) is 1. The van der Waals surface area contributed by atoms with Crippen LogP contribution in [0.2, 0.25) is 0 Å². The molecule has 1 aliphatic heterocycles. The lowest BCUT2D eigenvalue weighted by molar-refractivity contribution is 0.122. The highest BCUT2D eigenvalue weighted by Crippen LogP contribution is 2.11. The van der Waals surface area contributed by atoms with Gasteiger partial charge < -0.3 is 15.0 Å². The maximum Gasteiger partial charge on any atom is 0.247 e. The predicted molar refractivity (Wildman–Crippen MR) is 81.5 cm³/mol. The Kier molecular flexibility index (Phi) is 4.58. The Morgan fingerprint density at radius 3 is 2.76 bits per heavy atom. The van der Waals surface area contributed by atoms with Crippen molar-refractivity contribution < 1.29 is 4.74 Å². The third-order valence-electron chi connectivity index (χ3n) is 3.40. The van der Waals surface area contributed by atoms with Crippen molar-refractivity contribution in [2.45, 2.75) is 6.42 Å². The lowest BCUT2D eigenvalue weighted by Gasteiger charge is -2.26. The molecule has 6 heteroatoms. The van der Waals surface area contributed by atoms with Crippen LogP contribution in [0.15, 0.2) is 36.5 Å². The van der Waals surface area contributed by atoms with Crippen molar-refractivity contribution in [3.8, 4) is 0 Å². The van der Waals surface area contributed by atoms with Gasteiger partial charge in [0.15, 0.2) is 5.82 Å². The van der Waals surface area contributed by atoms with Crippen LogP contribution in [0.1, 0.15) is 5.56 Å². The molecule has 6 nitrogen and oxygen atoms in total. The van der Waals surface area contributed by atoms with Crippen LogP contribution in [0.3, 0.4) is 0 Å². The first-order valence-electron chi connectivity index (χ1n) is 7.22. The van der Waals surface area contributed by atoms with Crippen LogP contribution in [-0.2, 0) is 11.2 Å². The minimum atomic E-state index is 0.669. The van der Waals surface area contributed by atoms with Gasteiger partial charge in [-0.25, -0.2) is 0 Å². The summed E-state index contributed by atoms with van der Waals surface area (Å²) in [7, 11) is 0. The Labute approximate surface area is 124 Å². The van der Waals surface area contributed by atoms with E-state index in [0.29, 0.717) is 5.95 Å². The number of benzene rings is 1. The number of hydrogen-bond acceptors (Lipinski definition) is 6. The zero-order valence-corrected chi connectivity index (χ0v) is 11.9. The summed E-state index contributed by atoms with van der Waals surface area (Å²) in [6, 6.07) is 10.4. The summed E-state index contributed by atoms with van der Waals surface area (Å²) in [5.74, 6) is 1.44. The Morgan fingerprint density at radius 1 is 1.14 bits per heavy atom. The maximum absolute atomic E-state index is 5.33. The lowest BCUT2D eigenvalue weighted by Crippen LogP contribution is -2.37. The van der Waals surface area contributed by atoms with E-state index in [4.69, 9.17) is 4.74 Å².